The Morgan fingerprint density at radius 2 is 2.00 bits per heavy atom. The number of halogens is 1. The molecular formula is C12H13ClN2O2. The Morgan fingerprint density at radius 1 is 1.24 bits per heavy atom. The SMILES string of the molecule is COc1ccc(-c2nccn2C)c(Cl)c1OC. The molecule has 90 valence electrons. The third kappa shape index (κ3) is 1.96. The number of hydrogen-bond donors (Lipinski definition) is 0. The molecule has 1 aromatic carbocycles. The summed E-state index contributed by atoms with van der Waals surface area (Å²) in [7, 11) is 5.05. The lowest BCUT2D eigenvalue weighted by Gasteiger charge is -2.12. The van der Waals surface area contributed by atoms with Gasteiger partial charge in [0.25, 0.3) is 0 Å². The van der Waals surface area contributed by atoms with Crippen molar-refractivity contribution in [2.24, 2.45) is 7.05 Å². The summed E-state index contributed by atoms with van der Waals surface area (Å²) in [6.07, 6.45) is 3.59. The molecule has 0 fully saturated rings. The topological polar surface area (TPSA) is 36.3 Å². The van der Waals surface area contributed by atoms with Crippen molar-refractivity contribution in [1.29, 1.82) is 0 Å². The summed E-state index contributed by atoms with van der Waals surface area (Å²) in [6.45, 7) is 0. The summed E-state index contributed by atoms with van der Waals surface area (Å²) in [6, 6.07) is 3.68. The molecule has 0 saturated carbocycles. The van der Waals surface area contributed by atoms with Gasteiger partial charge in [-0.3, -0.25) is 0 Å². The molecule has 17 heavy (non-hydrogen) atoms. The molecule has 0 aliphatic heterocycles. The lowest BCUT2D eigenvalue weighted by molar-refractivity contribution is 0.355. The van der Waals surface area contributed by atoms with Crippen LogP contribution in [0.3, 0.4) is 0 Å². The number of nitrogens with zero attached hydrogens (tertiary/aromatic N) is 2. The maximum Gasteiger partial charge on any atom is 0.180 e. The van der Waals surface area contributed by atoms with Crippen molar-refractivity contribution in [2.75, 3.05) is 14.2 Å². The largest absolute Gasteiger partial charge is 0.493 e. The maximum atomic E-state index is 6.30. The maximum absolute atomic E-state index is 6.30. The number of imidazole rings is 1. The van der Waals surface area contributed by atoms with Crippen LogP contribution in [-0.4, -0.2) is 23.8 Å². The van der Waals surface area contributed by atoms with E-state index in [4.69, 9.17) is 21.1 Å². The van der Waals surface area contributed by atoms with Gasteiger partial charge in [-0.05, 0) is 12.1 Å². The average molecular weight is 253 g/mol. The first-order chi connectivity index (χ1) is 8.19. The van der Waals surface area contributed by atoms with E-state index in [1.54, 1.807) is 20.4 Å². The number of aromatic nitrogens is 2. The van der Waals surface area contributed by atoms with Crippen molar-refractivity contribution < 1.29 is 9.47 Å². The highest BCUT2D eigenvalue weighted by Crippen LogP contribution is 2.40. The fourth-order valence-corrected chi connectivity index (χ4v) is 2.00. The van der Waals surface area contributed by atoms with Gasteiger partial charge in [-0.25, -0.2) is 4.98 Å². The first kappa shape index (κ1) is 11.8. The third-order valence-corrected chi connectivity index (χ3v) is 2.92. The Balaban J connectivity index is 2.61. The van der Waals surface area contributed by atoms with Gasteiger partial charge < -0.3 is 14.0 Å². The van der Waals surface area contributed by atoms with Crippen LogP contribution >= 0.6 is 11.6 Å². The van der Waals surface area contributed by atoms with Crippen LogP contribution in [0.15, 0.2) is 24.5 Å². The molecule has 5 heteroatoms. The van der Waals surface area contributed by atoms with Gasteiger partial charge in [0, 0.05) is 25.0 Å². The molecule has 4 nitrogen and oxygen atoms in total. The number of aryl methyl sites for hydroxylation is 1. The Labute approximate surface area is 105 Å². The number of benzene rings is 1. The van der Waals surface area contributed by atoms with Gasteiger partial charge in [-0.15, -0.1) is 0 Å². The smallest absolute Gasteiger partial charge is 0.180 e. The molecule has 0 radical (unpaired) electrons. The molecule has 0 aliphatic carbocycles. The van der Waals surface area contributed by atoms with Crippen molar-refractivity contribution in [3.63, 3.8) is 0 Å². The molecule has 0 amide bonds. The second kappa shape index (κ2) is 4.67. The number of hydrogen-bond acceptors (Lipinski definition) is 3. The van der Waals surface area contributed by atoms with Crippen LogP contribution in [0.25, 0.3) is 11.4 Å². The minimum atomic E-state index is 0.501. The molecule has 0 unspecified atom stereocenters. The lowest BCUT2D eigenvalue weighted by Crippen LogP contribution is -1.96. The molecule has 0 saturated heterocycles. The van der Waals surface area contributed by atoms with E-state index in [1.165, 1.54) is 0 Å². The Morgan fingerprint density at radius 3 is 2.53 bits per heavy atom. The highest BCUT2D eigenvalue weighted by atomic mass is 35.5. The van der Waals surface area contributed by atoms with Crippen LogP contribution in [-0.2, 0) is 7.05 Å². The van der Waals surface area contributed by atoms with E-state index in [-0.39, 0.29) is 0 Å². The van der Waals surface area contributed by atoms with Crippen LogP contribution in [0.2, 0.25) is 5.02 Å². The van der Waals surface area contributed by atoms with Crippen molar-refractivity contribution in [1.82, 2.24) is 9.55 Å². The van der Waals surface area contributed by atoms with Gasteiger partial charge in [0.15, 0.2) is 11.5 Å². The van der Waals surface area contributed by atoms with Crippen LogP contribution in [0.1, 0.15) is 0 Å². The van der Waals surface area contributed by atoms with E-state index in [0.29, 0.717) is 16.5 Å². The zero-order chi connectivity index (χ0) is 12.4. The van der Waals surface area contributed by atoms with E-state index in [9.17, 15) is 0 Å². The summed E-state index contributed by atoms with van der Waals surface area (Å²) < 4.78 is 12.3. The zero-order valence-corrected chi connectivity index (χ0v) is 10.7. The highest BCUT2D eigenvalue weighted by molar-refractivity contribution is 6.35. The summed E-state index contributed by atoms with van der Waals surface area (Å²) in [5, 5.41) is 0.501. The number of rotatable bonds is 3. The third-order valence-electron chi connectivity index (χ3n) is 2.55. The summed E-state index contributed by atoms with van der Waals surface area (Å²) in [5.41, 5.74) is 0.816. The van der Waals surface area contributed by atoms with Gasteiger partial charge in [-0.1, -0.05) is 11.6 Å². The molecule has 0 bridgehead atoms. The molecule has 2 rings (SSSR count). The van der Waals surface area contributed by atoms with Crippen LogP contribution in [0, 0.1) is 0 Å². The summed E-state index contributed by atoms with van der Waals surface area (Å²) in [4.78, 5) is 4.26. The fraction of sp³-hybridized carbons (Fsp3) is 0.250. The average Bonchev–Trinajstić information content (AvgIpc) is 2.75. The normalized spacial score (nSPS) is 10.4. The van der Waals surface area contributed by atoms with Gasteiger partial charge in [0.05, 0.1) is 19.2 Å². The summed E-state index contributed by atoms with van der Waals surface area (Å²) >= 11 is 6.30. The van der Waals surface area contributed by atoms with Crippen LogP contribution in [0.4, 0.5) is 0 Å². The van der Waals surface area contributed by atoms with E-state index < -0.39 is 0 Å². The van der Waals surface area contributed by atoms with E-state index in [0.717, 1.165) is 11.4 Å². The first-order valence-corrected chi connectivity index (χ1v) is 5.45. The Hall–Kier alpha value is -1.68. The Kier molecular flexibility index (Phi) is 3.24. The molecular weight excluding hydrogens is 240 g/mol. The summed E-state index contributed by atoms with van der Waals surface area (Å²) in [5.74, 6) is 1.92. The molecule has 1 heterocycles. The number of ether oxygens (including phenoxy) is 2. The minimum absolute atomic E-state index is 0.501. The van der Waals surface area contributed by atoms with Crippen LogP contribution < -0.4 is 9.47 Å². The molecule has 0 atom stereocenters. The molecule has 0 aliphatic rings. The van der Waals surface area contributed by atoms with Crippen LogP contribution in [0.5, 0.6) is 11.5 Å². The lowest BCUT2D eigenvalue weighted by atomic mass is 10.2. The number of methoxy groups -OCH3 is 2. The van der Waals surface area contributed by atoms with Gasteiger partial charge in [-0.2, -0.15) is 0 Å². The fourth-order valence-electron chi connectivity index (χ4n) is 1.69. The van der Waals surface area contributed by atoms with Crippen molar-refractivity contribution >= 4 is 11.6 Å². The van der Waals surface area contributed by atoms with E-state index >= 15 is 0 Å². The van der Waals surface area contributed by atoms with Crippen molar-refractivity contribution in [2.45, 2.75) is 0 Å². The molecule has 0 spiro atoms. The monoisotopic (exact) mass is 252 g/mol. The predicted molar refractivity (Wildman–Crippen MR) is 66.8 cm³/mol. The second-order valence-electron chi connectivity index (χ2n) is 3.52. The predicted octanol–water partition coefficient (Wildman–Crippen LogP) is 2.76. The first-order valence-electron chi connectivity index (χ1n) is 5.07. The van der Waals surface area contributed by atoms with Gasteiger partial charge in [0.2, 0.25) is 0 Å². The molecule has 1 aromatic heterocycles. The second-order valence-corrected chi connectivity index (χ2v) is 3.90. The van der Waals surface area contributed by atoms with Crippen molar-refractivity contribution in [3.05, 3.63) is 29.5 Å². The molecule has 0 N–H and O–H groups in total. The Bertz CT molecular complexity index is 537. The van der Waals surface area contributed by atoms with Crippen molar-refractivity contribution in [3.8, 4) is 22.9 Å². The van der Waals surface area contributed by atoms with Gasteiger partial charge >= 0.3 is 0 Å². The minimum Gasteiger partial charge on any atom is -0.493 e. The zero-order valence-electron chi connectivity index (χ0n) is 9.90. The van der Waals surface area contributed by atoms with E-state index in [1.807, 2.05) is 29.9 Å². The quantitative estimate of drug-likeness (QED) is 0.843. The standard InChI is InChI=1S/C12H13ClN2O2/c1-15-7-6-14-12(15)8-4-5-9(16-2)11(17-3)10(8)13/h4-7H,1-3H3. The van der Waals surface area contributed by atoms with E-state index in [2.05, 4.69) is 4.98 Å². The van der Waals surface area contributed by atoms with Gasteiger partial charge in [0.1, 0.15) is 5.82 Å². The molecule has 2 aromatic rings. The highest BCUT2D eigenvalue weighted by Gasteiger charge is 2.16.